The molecule has 0 radical (unpaired) electrons. The molecule has 114 valence electrons. The first-order chi connectivity index (χ1) is 9.72. The number of aliphatic hydroxyl groups excluding tert-OH is 1. The first kappa shape index (κ1) is 15.5. The molecule has 1 fully saturated rings. The minimum atomic E-state index is -0.241. The molecule has 2 atom stereocenters. The summed E-state index contributed by atoms with van der Waals surface area (Å²) in [7, 11) is 1.98. The maximum Gasteiger partial charge on any atom is 0.0781 e. The van der Waals surface area contributed by atoms with Gasteiger partial charge in [-0.05, 0) is 32.7 Å². The van der Waals surface area contributed by atoms with Crippen molar-refractivity contribution < 1.29 is 5.11 Å². The predicted molar refractivity (Wildman–Crippen MR) is 81.9 cm³/mol. The highest BCUT2D eigenvalue weighted by Gasteiger charge is 2.27. The van der Waals surface area contributed by atoms with Crippen molar-refractivity contribution >= 4 is 0 Å². The molecule has 2 N–H and O–H groups in total. The Morgan fingerprint density at radius 2 is 1.95 bits per heavy atom. The van der Waals surface area contributed by atoms with Crippen molar-refractivity contribution in [2.45, 2.75) is 77.5 Å². The topological polar surface area (TPSA) is 50.1 Å². The van der Waals surface area contributed by atoms with E-state index in [9.17, 15) is 5.11 Å². The Bertz CT molecular complexity index is 428. The summed E-state index contributed by atoms with van der Waals surface area (Å²) in [5.41, 5.74) is 3.84. The molecule has 1 saturated carbocycles. The van der Waals surface area contributed by atoms with E-state index in [0.717, 1.165) is 38.6 Å². The smallest absolute Gasteiger partial charge is 0.0781 e. The quantitative estimate of drug-likeness (QED) is 0.815. The predicted octanol–water partition coefficient (Wildman–Crippen LogP) is 2.59. The average Bonchev–Trinajstić information content (AvgIpc) is 2.65. The minimum Gasteiger partial charge on any atom is -0.391 e. The standard InChI is InChI=1S/C16H29N3O/c1-4-13-12(11-17-3)14(5-2)19(18-13)15-9-7-6-8-10-16(15)20/h15-17,20H,4-11H2,1-3H3. The number of hydrogen-bond donors (Lipinski definition) is 2. The third kappa shape index (κ3) is 3.07. The van der Waals surface area contributed by atoms with Crippen LogP contribution < -0.4 is 5.32 Å². The van der Waals surface area contributed by atoms with Crippen LogP contribution in [0, 0.1) is 0 Å². The van der Waals surface area contributed by atoms with E-state index < -0.39 is 0 Å². The number of rotatable bonds is 5. The van der Waals surface area contributed by atoms with Crippen molar-refractivity contribution in [3.05, 3.63) is 17.0 Å². The zero-order valence-corrected chi connectivity index (χ0v) is 13.2. The van der Waals surface area contributed by atoms with Crippen molar-refractivity contribution in [3.8, 4) is 0 Å². The lowest BCUT2D eigenvalue weighted by molar-refractivity contribution is 0.0973. The first-order valence-corrected chi connectivity index (χ1v) is 8.14. The molecule has 1 aliphatic rings. The summed E-state index contributed by atoms with van der Waals surface area (Å²) >= 11 is 0. The van der Waals surface area contributed by atoms with Crippen LogP contribution in [0.3, 0.4) is 0 Å². The molecular formula is C16H29N3O. The highest BCUT2D eigenvalue weighted by atomic mass is 16.3. The second-order valence-electron chi connectivity index (χ2n) is 5.83. The fourth-order valence-corrected chi connectivity index (χ4v) is 3.42. The fraction of sp³-hybridized carbons (Fsp3) is 0.812. The molecule has 0 spiro atoms. The van der Waals surface area contributed by atoms with Gasteiger partial charge >= 0.3 is 0 Å². The number of aliphatic hydroxyl groups is 1. The highest BCUT2D eigenvalue weighted by molar-refractivity contribution is 5.27. The molecule has 0 bridgehead atoms. The van der Waals surface area contributed by atoms with Gasteiger partial charge in [0, 0.05) is 17.8 Å². The summed E-state index contributed by atoms with van der Waals surface area (Å²) in [6.45, 7) is 5.22. The monoisotopic (exact) mass is 279 g/mol. The van der Waals surface area contributed by atoms with Gasteiger partial charge < -0.3 is 10.4 Å². The SMILES string of the molecule is CCc1nn(C2CCCCCC2O)c(CC)c1CNC. The Morgan fingerprint density at radius 3 is 2.60 bits per heavy atom. The third-order valence-electron chi connectivity index (χ3n) is 4.48. The van der Waals surface area contributed by atoms with Gasteiger partial charge in [-0.3, -0.25) is 4.68 Å². The number of aryl methyl sites for hydroxylation is 1. The molecule has 0 aliphatic heterocycles. The zero-order valence-electron chi connectivity index (χ0n) is 13.2. The average molecular weight is 279 g/mol. The molecule has 20 heavy (non-hydrogen) atoms. The van der Waals surface area contributed by atoms with E-state index in [1.54, 1.807) is 0 Å². The molecule has 2 rings (SSSR count). The lowest BCUT2D eigenvalue weighted by Crippen LogP contribution is -2.25. The summed E-state index contributed by atoms with van der Waals surface area (Å²) in [4.78, 5) is 0. The van der Waals surface area contributed by atoms with Crippen LogP contribution in [0.25, 0.3) is 0 Å². The highest BCUT2D eigenvalue weighted by Crippen LogP contribution is 2.30. The van der Waals surface area contributed by atoms with Gasteiger partial charge in [-0.1, -0.05) is 33.1 Å². The third-order valence-corrected chi connectivity index (χ3v) is 4.48. The van der Waals surface area contributed by atoms with Crippen LogP contribution in [-0.4, -0.2) is 28.0 Å². The summed E-state index contributed by atoms with van der Waals surface area (Å²) in [5, 5.41) is 18.6. The molecular weight excluding hydrogens is 250 g/mol. The van der Waals surface area contributed by atoms with E-state index in [-0.39, 0.29) is 12.1 Å². The normalized spacial score (nSPS) is 23.8. The van der Waals surface area contributed by atoms with Gasteiger partial charge in [0.2, 0.25) is 0 Å². The number of nitrogens with zero attached hydrogens (tertiary/aromatic N) is 2. The van der Waals surface area contributed by atoms with Gasteiger partial charge in [0.25, 0.3) is 0 Å². The van der Waals surface area contributed by atoms with E-state index in [0.29, 0.717) is 0 Å². The van der Waals surface area contributed by atoms with Crippen LogP contribution in [0.15, 0.2) is 0 Å². The Hall–Kier alpha value is -0.870. The maximum absolute atomic E-state index is 10.4. The molecule has 0 saturated heterocycles. The van der Waals surface area contributed by atoms with Crippen molar-refractivity contribution in [2.75, 3.05) is 7.05 Å². The van der Waals surface area contributed by atoms with Crippen LogP contribution in [0.2, 0.25) is 0 Å². The Balaban J connectivity index is 2.38. The van der Waals surface area contributed by atoms with Crippen LogP contribution in [0.1, 0.15) is 68.9 Å². The Labute approximate surface area is 122 Å². The molecule has 1 aromatic heterocycles. The summed E-state index contributed by atoms with van der Waals surface area (Å²) < 4.78 is 2.15. The van der Waals surface area contributed by atoms with Gasteiger partial charge in [0.05, 0.1) is 17.8 Å². The van der Waals surface area contributed by atoms with Crippen LogP contribution in [0.4, 0.5) is 0 Å². The van der Waals surface area contributed by atoms with Crippen molar-refractivity contribution in [1.29, 1.82) is 0 Å². The van der Waals surface area contributed by atoms with Gasteiger partial charge in [-0.2, -0.15) is 5.10 Å². The molecule has 1 heterocycles. The largest absolute Gasteiger partial charge is 0.391 e. The Morgan fingerprint density at radius 1 is 1.20 bits per heavy atom. The minimum absolute atomic E-state index is 0.170. The van der Waals surface area contributed by atoms with Crippen molar-refractivity contribution in [2.24, 2.45) is 0 Å². The molecule has 1 aromatic rings. The maximum atomic E-state index is 10.4. The number of aromatic nitrogens is 2. The number of hydrogen-bond acceptors (Lipinski definition) is 3. The van der Waals surface area contributed by atoms with E-state index in [1.165, 1.54) is 29.8 Å². The number of nitrogens with one attached hydrogen (secondary N) is 1. The lowest BCUT2D eigenvalue weighted by atomic mass is 10.0. The van der Waals surface area contributed by atoms with Crippen molar-refractivity contribution in [1.82, 2.24) is 15.1 Å². The summed E-state index contributed by atoms with van der Waals surface area (Å²) in [5.74, 6) is 0. The van der Waals surface area contributed by atoms with E-state index in [2.05, 4.69) is 23.8 Å². The van der Waals surface area contributed by atoms with Gasteiger partial charge in [0.15, 0.2) is 0 Å². The molecule has 2 unspecified atom stereocenters. The lowest BCUT2D eigenvalue weighted by Gasteiger charge is -2.23. The molecule has 4 nitrogen and oxygen atoms in total. The van der Waals surface area contributed by atoms with Crippen LogP contribution >= 0.6 is 0 Å². The van der Waals surface area contributed by atoms with Crippen molar-refractivity contribution in [3.63, 3.8) is 0 Å². The second-order valence-corrected chi connectivity index (χ2v) is 5.83. The van der Waals surface area contributed by atoms with Crippen LogP contribution in [0.5, 0.6) is 0 Å². The molecule has 4 heteroatoms. The Kier molecular flexibility index (Phi) is 5.61. The van der Waals surface area contributed by atoms with Gasteiger partial charge in [0.1, 0.15) is 0 Å². The summed E-state index contributed by atoms with van der Waals surface area (Å²) in [6.07, 6.45) is 7.25. The fourth-order valence-electron chi connectivity index (χ4n) is 3.42. The summed E-state index contributed by atoms with van der Waals surface area (Å²) in [6, 6.07) is 0.170. The van der Waals surface area contributed by atoms with Crippen LogP contribution in [-0.2, 0) is 19.4 Å². The van der Waals surface area contributed by atoms with E-state index in [4.69, 9.17) is 5.10 Å². The molecule has 1 aliphatic carbocycles. The van der Waals surface area contributed by atoms with E-state index in [1.807, 2.05) is 7.05 Å². The zero-order chi connectivity index (χ0) is 14.5. The van der Waals surface area contributed by atoms with E-state index >= 15 is 0 Å². The van der Waals surface area contributed by atoms with Gasteiger partial charge in [-0.15, -0.1) is 0 Å². The molecule has 0 amide bonds. The first-order valence-electron chi connectivity index (χ1n) is 8.14. The molecule has 0 aromatic carbocycles. The van der Waals surface area contributed by atoms with Gasteiger partial charge in [-0.25, -0.2) is 0 Å². The second kappa shape index (κ2) is 7.23.